The van der Waals surface area contributed by atoms with Crippen molar-refractivity contribution in [3.8, 4) is 0 Å². The Morgan fingerprint density at radius 1 is 1.82 bits per heavy atom. The van der Waals surface area contributed by atoms with Crippen molar-refractivity contribution in [2.75, 3.05) is 7.05 Å². The van der Waals surface area contributed by atoms with E-state index in [-0.39, 0.29) is 18.7 Å². The van der Waals surface area contributed by atoms with Gasteiger partial charge in [0.15, 0.2) is 0 Å². The second kappa shape index (κ2) is 4.68. The van der Waals surface area contributed by atoms with E-state index in [0.29, 0.717) is 0 Å². The summed E-state index contributed by atoms with van der Waals surface area (Å²) < 4.78 is 0. The molecule has 11 heavy (non-hydrogen) atoms. The van der Waals surface area contributed by atoms with E-state index in [1.165, 1.54) is 7.05 Å². The largest absolute Gasteiger partial charge is 0.862 e. The summed E-state index contributed by atoms with van der Waals surface area (Å²) >= 11 is 0. The van der Waals surface area contributed by atoms with E-state index in [9.17, 15) is 9.90 Å². The fourth-order valence-corrected chi connectivity index (χ4v) is 0.514. The zero-order chi connectivity index (χ0) is 8.85. The zero-order valence-electron chi connectivity index (χ0n) is 6.28. The Balaban J connectivity index is 3.62. The molecule has 64 valence electrons. The SMILES string of the molecule is CN=C([O-])CC[C@H](N)C(=O)O. The number of nitrogens with two attached hydrogens (primary N) is 1. The second-order valence-corrected chi connectivity index (χ2v) is 2.10. The monoisotopic (exact) mass is 159 g/mol. The average Bonchev–Trinajstić information content (AvgIpc) is 1.99. The third-order valence-corrected chi connectivity index (χ3v) is 1.24. The van der Waals surface area contributed by atoms with Crippen LogP contribution in [-0.4, -0.2) is 30.1 Å². The normalized spacial score (nSPS) is 14.5. The summed E-state index contributed by atoms with van der Waals surface area (Å²) in [5.74, 6) is -1.41. The van der Waals surface area contributed by atoms with Crippen molar-refractivity contribution in [3.63, 3.8) is 0 Å². The lowest BCUT2D eigenvalue weighted by Gasteiger charge is -2.10. The van der Waals surface area contributed by atoms with Gasteiger partial charge >= 0.3 is 5.97 Å². The van der Waals surface area contributed by atoms with Crippen molar-refractivity contribution in [3.05, 3.63) is 0 Å². The van der Waals surface area contributed by atoms with Gasteiger partial charge < -0.3 is 20.9 Å². The van der Waals surface area contributed by atoms with Gasteiger partial charge in [-0.15, -0.1) is 0 Å². The molecule has 3 N–H and O–H groups in total. The molecule has 0 fully saturated rings. The van der Waals surface area contributed by atoms with E-state index in [1.54, 1.807) is 0 Å². The number of nitrogens with zero attached hydrogens (tertiary/aromatic N) is 1. The van der Waals surface area contributed by atoms with Crippen LogP contribution in [0.4, 0.5) is 0 Å². The summed E-state index contributed by atoms with van der Waals surface area (Å²) in [4.78, 5) is 13.5. The van der Waals surface area contributed by atoms with Gasteiger partial charge in [0.1, 0.15) is 6.04 Å². The van der Waals surface area contributed by atoms with Crippen LogP contribution in [0.2, 0.25) is 0 Å². The van der Waals surface area contributed by atoms with Crippen LogP contribution >= 0.6 is 0 Å². The number of hydrogen-bond donors (Lipinski definition) is 2. The van der Waals surface area contributed by atoms with Gasteiger partial charge in [0.2, 0.25) is 0 Å². The molecule has 0 aromatic rings. The fraction of sp³-hybridized carbons (Fsp3) is 0.667. The molecular weight excluding hydrogens is 148 g/mol. The number of rotatable bonds is 4. The molecule has 0 spiro atoms. The van der Waals surface area contributed by atoms with Crippen molar-refractivity contribution in [2.45, 2.75) is 18.9 Å². The van der Waals surface area contributed by atoms with Crippen LogP contribution in [0.5, 0.6) is 0 Å². The maximum absolute atomic E-state index is 10.5. The molecule has 0 aliphatic carbocycles. The smallest absolute Gasteiger partial charge is 0.320 e. The maximum atomic E-state index is 10.5. The minimum Gasteiger partial charge on any atom is -0.862 e. The number of aliphatic imine (C=N–C) groups is 1. The lowest BCUT2D eigenvalue weighted by molar-refractivity contribution is -0.219. The van der Waals surface area contributed by atoms with E-state index < -0.39 is 12.0 Å². The summed E-state index contributed by atoms with van der Waals surface area (Å²) in [6.45, 7) is 0. The first-order valence-electron chi connectivity index (χ1n) is 3.19. The molecule has 0 saturated carbocycles. The molecule has 0 amide bonds. The zero-order valence-corrected chi connectivity index (χ0v) is 6.28. The third kappa shape index (κ3) is 4.32. The molecule has 0 aliphatic heterocycles. The Hall–Kier alpha value is -1.10. The van der Waals surface area contributed by atoms with E-state index in [2.05, 4.69) is 4.99 Å². The highest BCUT2D eigenvalue weighted by atomic mass is 16.4. The van der Waals surface area contributed by atoms with Crippen LogP contribution in [0.1, 0.15) is 12.8 Å². The molecule has 0 rings (SSSR count). The Labute approximate surface area is 64.5 Å². The van der Waals surface area contributed by atoms with Crippen LogP contribution in [0, 0.1) is 0 Å². The van der Waals surface area contributed by atoms with Gasteiger partial charge in [0, 0.05) is 7.05 Å². The Morgan fingerprint density at radius 3 is 2.73 bits per heavy atom. The minimum atomic E-state index is -1.09. The number of hydrogen-bond acceptors (Lipinski definition) is 4. The second-order valence-electron chi connectivity index (χ2n) is 2.10. The third-order valence-electron chi connectivity index (χ3n) is 1.24. The van der Waals surface area contributed by atoms with Crippen molar-refractivity contribution >= 4 is 11.9 Å². The van der Waals surface area contributed by atoms with Crippen molar-refractivity contribution in [1.29, 1.82) is 0 Å². The maximum Gasteiger partial charge on any atom is 0.320 e. The molecule has 0 radical (unpaired) electrons. The molecule has 5 heteroatoms. The van der Waals surface area contributed by atoms with Gasteiger partial charge in [0.25, 0.3) is 0 Å². The summed E-state index contributed by atoms with van der Waals surface area (Å²) in [5.41, 5.74) is 5.13. The van der Waals surface area contributed by atoms with Crippen LogP contribution in [0.25, 0.3) is 0 Å². The van der Waals surface area contributed by atoms with Crippen LogP contribution in [0.15, 0.2) is 4.99 Å². The highest BCUT2D eigenvalue weighted by molar-refractivity contribution is 5.75. The molecule has 0 aromatic carbocycles. The summed E-state index contributed by atoms with van der Waals surface area (Å²) in [6, 6.07) is -0.958. The van der Waals surface area contributed by atoms with E-state index in [0.717, 1.165) is 0 Å². The first-order valence-corrected chi connectivity index (χ1v) is 3.19. The minimum absolute atomic E-state index is 0.101. The van der Waals surface area contributed by atoms with Gasteiger partial charge in [-0.3, -0.25) is 4.79 Å². The molecule has 0 saturated heterocycles. The van der Waals surface area contributed by atoms with Crippen molar-refractivity contribution in [1.82, 2.24) is 0 Å². The van der Waals surface area contributed by atoms with E-state index >= 15 is 0 Å². The van der Waals surface area contributed by atoms with Crippen molar-refractivity contribution in [2.24, 2.45) is 10.7 Å². The molecule has 1 atom stereocenters. The van der Waals surface area contributed by atoms with Gasteiger partial charge in [0.05, 0.1) is 0 Å². The van der Waals surface area contributed by atoms with E-state index in [4.69, 9.17) is 10.8 Å². The molecule has 0 bridgehead atoms. The quantitative estimate of drug-likeness (QED) is 0.388. The van der Waals surface area contributed by atoms with Crippen molar-refractivity contribution < 1.29 is 15.0 Å². The van der Waals surface area contributed by atoms with Gasteiger partial charge in [-0.1, -0.05) is 0 Å². The van der Waals surface area contributed by atoms with Crippen LogP contribution in [-0.2, 0) is 4.79 Å². The predicted molar refractivity (Wildman–Crippen MR) is 38.2 cm³/mol. The predicted octanol–water partition coefficient (Wildman–Crippen LogP) is -1.43. The Kier molecular flexibility index (Phi) is 4.21. The Bertz CT molecular complexity index is 167. The lowest BCUT2D eigenvalue weighted by Crippen LogP contribution is -2.32. The van der Waals surface area contributed by atoms with Gasteiger partial charge in [-0.2, -0.15) is 0 Å². The summed E-state index contributed by atoms with van der Waals surface area (Å²) in [6.07, 6.45) is 0.246. The molecule has 0 heterocycles. The summed E-state index contributed by atoms with van der Waals surface area (Å²) in [7, 11) is 1.37. The highest BCUT2D eigenvalue weighted by Gasteiger charge is 2.09. The molecule has 0 aromatic heterocycles. The average molecular weight is 159 g/mol. The van der Waals surface area contributed by atoms with Gasteiger partial charge in [-0.25, -0.2) is 0 Å². The fourth-order valence-electron chi connectivity index (χ4n) is 0.514. The van der Waals surface area contributed by atoms with Gasteiger partial charge in [-0.05, 0) is 18.7 Å². The topological polar surface area (TPSA) is 98.7 Å². The molecular formula is C6H11N2O3-. The summed E-state index contributed by atoms with van der Waals surface area (Å²) in [5, 5.41) is 18.8. The first-order chi connectivity index (χ1) is 5.07. The lowest BCUT2D eigenvalue weighted by atomic mass is 10.2. The molecule has 0 unspecified atom stereocenters. The number of carbonyl (C=O) groups is 1. The van der Waals surface area contributed by atoms with Crippen LogP contribution < -0.4 is 10.8 Å². The molecule has 0 aliphatic rings. The Morgan fingerprint density at radius 2 is 2.36 bits per heavy atom. The first kappa shape index (κ1) is 9.90. The van der Waals surface area contributed by atoms with E-state index in [1.807, 2.05) is 0 Å². The standard InChI is InChI=1S/C6H12N2O3/c1-8-5(9)3-2-4(7)6(10)11/h4H,2-3,7H2,1H3,(H,8,9)(H,10,11)/p-1/t4-/m0/s1. The number of carboxylic acid groups (broad SMARTS) is 1. The van der Waals surface area contributed by atoms with Crippen LogP contribution in [0.3, 0.4) is 0 Å². The highest BCUT2D eigenvalue weighted by Crippen LogP contribution is 1.93. The number of carboxylic acids is 1. The number of aliphatic carboxylic acids is 1. The molecule has 5 nitrogen and oxygen atoms in total.